The average Bonchev–Trinajstić information content (AvgIpc) is 2.80. The number of nitrogens with zero attached hydrogens (tertiary/aromatic N) is 2. The number of nitrogen functional groups attached to an aromatic ring is 1. The summed E-state index contributed by atoms with van der Waals surface area (Å²) in [4.78, 5) is 11.8. The van der Waals surface area contributed by atoms with E-state index >= 15 is 0 Å². The molecule has 0 bridgehead atoms. The zero-order chi connectivity index (χ0) is 14.5. The molecule has 0 atom stereocenters. The first-order valence-corrected chi connectivity index (χ1v) is 6.77. The van der Waals surface area contributed by atoms with Crippen LogP contribution in [0, 0.1) is 6.92 Å². The maximum Gasteiger partial charge on any atom is 0.224 e. The van der Waals surface area contributed by atoms with Gasteiger partial charge in [0, 0.05) is 30.5 Å². The van der Waals surface area contributed by atoms with Crippen LogP contribution >= 0.6 is 11.6 Å². The zero-order valence-corrected chi connectivity index (χ0v) is 12.0. The van der Waals surface area contributed by atoms with E-state index < -0.39 is 0 Å². The highest BCUT2D eigenvalue weighted by Gasteiger charge is 2.05. The Kier molecular flexibility index (Phi) is 4.63. The lowest BCUT2D eigenvalue weighted by Crippen LogP contribution is -2.13. The molecule has 3 N–H and O–H groups in total. The van der Waals surface area contributed by atoms with Crippen molar-refractivity contribution in [2.75, 3.05) is 11.1 Å². The van der Waals surface area contributed by atoms with E-state index in [1.165, 1.54) is 0 Å². The number of hydrogen-bond acceptors (Lipinski definition) is 3. The number of amides is 1. The third-order valence-electron chi connectivity index (χ3n) is 2.98. The smallest absolute Gasteiger partial charge is 0.224 e. The molecule has 1 aromatic carbocycles. The van der Waals surface area contributed by atoms with Gasteiger partial charge in [-0.2, -0.15) is 5.10 Å². The topological polar surface area (TPSA) is 72.9 Å². The second-order valence-corrected chi connectivity index (χ2v) is 4.99. The van der Waals surface area contributed by atoms with Gasteiger partial charge in [-0.05, 0) is 37.6 Å². The number of hydrogen-bond donors (Lipinski definition) is 2. The number of carbonyl (C=O) groups excluding carboxylic acids is 1. The minimum absolute atomic E-state index is 0.0449. The lowest BCUT2D eigenvalue weighted by atomic mass is 10.2. The quantitative estimate of drug-likeness (QED) is 0.832. The molecule has 0 aliphatic heterocycles. The minimum Gasteiger partial charge on any atom is -0.397 e. The lowest BCUT2D eigenvalue weighted by Gasteiger charge is -2.07. The number of nitrogens with two attached hydrogens (primary N) is 1. The number of aromatic nitrogens is 2. The van der Waals surface area contributed by atoms with Gasteiger partial charge in [0.25, 0.3) is 0 Å². The lowest BCUT2D eigenvalue weighted by molar-refractivity contribution is -0.116. The molecular weight excluding hydrogens is 276 g/mol. The first kappa shape index (κ1) is 14.4. The van der Waals surface area contributed by atoms with Gasteiger partial charge in [0.05, 0.1) is 10.7 Å². The van der Waals surface area contributed by atoms with Crippen LogP contribution in [0.5, 0.6) is 0 Å². The van der Waals surface area contributed by atoms with Crippen molar-refractivity contribution in [2.24, 2.45) is 0 Å². The molecule has 1 aromatic heterocycles. The zero-order valence-electron chi connectivity index (χ0n) is 11.3. The Balaban J connectivity index is 1.80. The van der Waals surface area contributed by atoms with E-state index in [1.807, 2.05) is 17.7 Å². The Morgan fingerprint density at radius 1 is 1.45 bits per heavy atom. The molecule has 2 rings (SSSR count). The number of carbonyl (C=O) groups is 1. The average molecular weight is 293 g/mol. The van der Waals surface area contributed by atoms with Gasteiger partial charge in [-0.15, -0.1) is 0 Å². The monoisotopic (exact) mass is 292 g/mol. The van der Waals surface area contributed by atoms with Gasteiger partial charge in [0.15, 0.2) is 0 Å². The second-order valence-electron chi connectivity index (χ2n) is 4.58. The van der Waals surface area contributed by atoms with Gasteiger partial charge >= 0.3 is 0 Å². The number of aryl methyl sites for hydroxylation is 2. The summed E-state index contributed by atoms with van der Waals surface area (Å²) < 4.78 is 1.88. The summed E-state index contributed by atoms with van der Waals surface area (Å²) >= 11 is 5.83. The summed E-state index contributed by atoms with van der Waals surface area (Å²) in [6, 6.07) is 6.99. The molecule has 1 heterocycles. The van der Waals surface area contributed by atoms with Crippen molar-refractivity contribution < 1.29 is 4.79 Å². The van der Waals surface area contributed by atoms with E-state index in [2.05, 4.69) is 10.4 Å². The fraction of sp³-hybridized carbons (Fsp3) is 0.286. The van der Waals surface area contributed by atoms with Crippen molar-refractivity contribution >= 4 is 28.9 Å². The molecule has 20 heavy (non-hydrogen) atoms. The van der Waals surface area contributed by atoms with E-state index in [4.69, 9.17) is 17.3 Å². The first-order valence-electron chi connectivity index (χ1n) is 6.39. The predicted molar refractivity (Wildman–Crippen MR) is 80.7 cm³/mol. The first-order chi connectivity index (χ1) is 9.56. The number of anilines is 2. The molecule has 106 valence electrons. The van der Waals surface area contributed by atoms with Crippen molar-refractivity contribution in [3.63, 3.8) is 0 Å². The molecule has 0 saturated heterocycles. The van der Waals surface area contributed by atoms with Gasteiger partial charge < -0.3 is 11.1 Å². The van der Waals surface area contributed by atoms with E-state index in [9.17, 15) is 4.79 Å². The Morgan fingerprint density at radius 3 is 2.90 bits per heavy atom. The van der Waals surface area contributed by atoms with Crippen molar-refractivity contribution in [3.8, 4) is 0 Å². The van der Waals surface area contributed by atoms with Gasteiger partial charge in [0.1, 0.15) is 0 Å². The standard InChI is InChI=1S/C14H17ClN4O/c1-10-6-7-17-19(10)8-2-3-14(20)18-11-4-5-12(15)13(16)9-11/h4-7,9H,2-3,8,16H2,1H3,(H,18,20). The van der Waals surface area contributed by atoms with Crippen LogP contribution in [-0.4, -0.2) is 15.7 Å². The molecule has 0 aliphatic rings. The molecule has 0 saturated carbocycles. The highest BCUT2D eigenvalue weighted by Crippen LogP contribution is 2.22. The number of nitrogens with one attached hydrogen (secondary N) is 1. The summed E-state index contributed by atoms with van der Waals surface area (Å²) in [6.07, 6.45) is 2.92. The van der Waals surface area contributed by atoms with E-state index in [1.54, 1.807) is 24.4 Å². The highest BCUT2D eigenvalue weighted by molar-refractivity contribution is 6.33. The van der Waals surface area contributed by atoms with E-state index in [0.29, 0.717) is 22.8 Å². The van der Waals surface area contributed by atoms with Crippen molar-refractivity contribution in [3.05, 3.63) is 41.2 Å². The Hall–Kier alpha value is -2.01. The Morgan fingerprint density at radius 2 is 2.25 bits per heavy atom. The Bertz CT molecular complexity index is 609. The van der Waals surface area contributed by atoms with Gasteiger partial charge in [-0.3, -0.25) is 9.48 Å². The maximum absolute atomic E-state index is 11.8. The molecule has 1 amide bonds. The summed E-state index contributed by atoms with van der Waals surface area (Å²) in [5, 5.41) is 7.45. The molecule has 0 spiro atoms. The van der Waals surface area contributed by atoms with E-state index in [0.717, 1.165) is 18.7 Å². The summed E-state index contributed by atoms with van der Waals surface area (Å²) in [6.45, 7) is 2.72. The summed E-state index contributed by atoms with van der Waals surface area (Å²) in [7, 11) is 0. The molecule has 0 radical (unpaired) electrons. The van der Waals surface area contributed by atoms with Gasteiger partial charge in [-0.1, -0.05) is 11.6 Å². The van der Waals surface area contributed by atoms with Crippen molar-refractivity contribution in [1.82, 2.24) is 9.78 Å². The largest absolute Gasteiger partial charge is 0.397 e. The molecule has 5 nitrogen and oxygen atoms in total. The van der Waals surface area contributed by atoms with Crippen LogP contribution in [0.1, 0.15) is 18.5 Å². The second kappa shape index (κ2) is 6.43. The van der Waals surface area contributed by atoms with Crippen LogP contribution < -0.4 is 11.1 Å². The van der Waals surface area contributed by atoms with E-state index in [-0.39, 0.29) is 5.91 Å². The van der Waals surface area contributed by atoms with Gasteiger partial charge in [0.2, 0.25) is 5.91 Å². The number of benzene rings is 1. The number of rotatable bonds is 5. The molecule has 0 unspecified atom stereocenters. The highest BCUT2D eigenvalue weighted by atomic mass is 35.5. The predicted octanol–water partition coefficient (Wildman–Crippen LogP) is 2.85. The molecule has 2 aromatic rings. The van der Waals surface area contributed by atoms with Crippen molar-refractivity contribution in [1.29, 1.82) is 0 Å². The maximum atomic E-state index is 11.8. The van der Waals surface area contributed by atoms with Crippen LogP contribution in [0.3, 0.4) is 0 Å². The van der Waals surface area contributed by atoms with Crippen LogP contribution in [0.2, 0.25) is 5.02 Å². The number of halogens is 1. The SMILES string of the molecule is Cc1ccnn1CCCC(=O)Nc1ccc(Cl)c(N)c1. The molecule has 6 heteroatoms. The molecule has 0 fully saturated rings. The fourth-order valence-electron chi connectivity index (χ4n) is 1.87. The van der Waals surface area contributed by atoms with Crippen LogP contribution in [0.15, 0.2) is 30.5 Å². The molecular formula is C14H17ClN4O. The summed E-state index contributed by atoms with van der Waals surface area (Å²) in [5.74, 6) is -0.0449. The normalized spacial score (nSPS) is 10.5. The van der Waals surface area contributed by atoms with Crippen LogP contribution in [-0.2, 0) is 11.3 Å². The van der Waals surface area contributed by atoms with Crippen LogP contribution in [0.25, 0.3) is 0 Å². The minimum atomic E-state index is -0.0449. The van der Waals surface area contributed by atoms with Crippen molar-refractivity contribution in [2.45, 2.75) is 26.3 Å². The van der Waals surface area contributed by atoms with Gasteiger partial charge in [-0.25, -0.2) is 0 Å². The van der Waals surface area contributed by atoms with Crippen LogP contribution in [0.4, 0.5) is 11.4 Å². The molecule has 0 aliphatic carbocycles. The fourth-order valence-corrected chi connectivity index (χ4v) is 1.98. The Labute approximate surface area is 122 Å². The third-order valence-corrected chi connectivity index (χ3v) is 3.33. The third kappa shape index (κ3) is 3.74. The summed E-state index contributed by atoms with van der Waals surface area (Å²) in [5.41, 5.74) is 7.89.